The number of nitriles is 1. The summed E-state index contributed by atoms with van der Waals surface area (Å²) in [7, 11) is 0. The fourth-order valence-corrected chi connectivity index (χ4v) is 1.85. The molecule has 1 aromatic heterocycles. The molecular formula is C10H3Cl2FN2. The lowest BCUT2D eigenvalue weighted by atomic mass is 10.1. The van der Waals surface area contributed by atoms with E-state index in [1.165, 1.54) is 12.1 Å². The van der Waals surface area contributed by atoms with Gasteiger partial charge in [0.2, 0.25) is 0 Å². The first-order valence-electron chi connectivity index (χ1n) is 3.97. The molecule has 2 nitrogen and oxygen atoms in total. The molecule has 0 amide bonds. The number of nitrogens with zero attached hydrogens (tertiary/aromatic N) is 2. The van der Waals surface area contributed by atoms with Gasteiger partial charge in [0.05, 0.1) is 27.6 Å². The van der Waals surface area contributed by atoms with E-state index in [1.807, 2.05) is 6.07 Å². The van der Waals surface area contributed by atoms with E-state index in [1.54, 1.807) is 0 Å². The smallest absolute Gasteiger partial charge is 0.135 e. The number of fused-ring (bicyclic) bond motifs is 1. The maximum atomic E-state index is 13.5. The van der Waals surface area contributed by atoms with Crippen molar-refractivity contribution in [2.75, 3.05) is 0 Å². The van der Waals surface area contributed by atoms with Gasteiger partial charge < -0.3 is 0 Å². The van der Waals surface area contributed by atoms with E-state index in [-0.39, 0.29) is 26.6 Å². The molecule has 0 radical (unpaired) electrons. The first kappa shape index (κ1) is 10.2. The summed E-state index contributed by atoms with van der Waals surface area (Å²) >= 11 is 11.5. The molecule has 0 saturated heterocycles. The molecule has 0 N–H and O–H groups in total. The summed E-state index contributed by atoms with van der Waals surface area (Å²) in [5.74, 6) is -0.571. The van der Waals surface area contributed by atoms with E-state index < -0.39 is 5.82 Å². The summed E-state index contributed by atoms with van der Waals surface area (Å²) in [6.07, 6.45) is 0. The van der Waals surface area contributed by atoms with Gasteiger partial charge in [-0.15, -0.1) is 0 Å². The maximum absolute atomic E-state index is 13.5. The van der Waals surface area contributed by atoms with Gasteiger partial charge in [0.25, 0.3) is 0 Å². The summed E-state index contributed by atoms with van der Waals surface area (Å²) in [4.78, 5) is 3.90. The predicted molar refractivity (Wildman–Crippen MR) is 56.4 cm³/mol. The number of aromatic nitrogens is 1. The molecule has 15 heavy (non-hydrogen) atoms. The van der Waals surface area contributed by atoms with Crippen LogP contribution < -0.4 is 0 Å². The average Bonchev–Trinajstić information content (AvgIpc) is 2.15. The van der Waals surface area contributed by atoms with Gasteiger partial charge in [0, 0.05) is 0 Å². The molecule has 0 saturated carbocycles. The highest BCUT2D eigenvalue weighted by atomic mass is 35.5. The molecule has 0 spiro atoms. The summed E-state index contributed by atoms with van der Waals surface area (Å²) in [6.45, 7) is 0. The van der Waals surface area contributed by atoms with Gasteiger partial charge in [0.1, 0.15) is 11.0 Å². The first-order chi connectivity index (χ1) is 7.11. The molecule has 5 heteroatoms. The van der Waals surface area contributed by atoms with Crippen molar-refractivity contribution in [2.45, 2.75) is 0 Å². The Hall–Kier alpha value is -1.37. The Morgan fingerprint density at radius 1 is 1.27 bits per heavy atom. The van der Waals surface area contributed by atoms with Crippen molar-refractivity contribution in [1.82, 2.24) is 4.98 Å². The van der Waals surface area contributed by atoms with E-state index in [9.17, 15) is 4.39 Å². The van der Waals surface area contributed by atoms with Crippen LogP contribution in [0, 0.1) is 17.1 Å². The van der Waals surface area contributed by atoms with Gasteiger partial charge in [-0.25, -0.2) is 9.37 Å². The van der Waals surface area contributed by atoms with Crippen molar-refractivity contribution >= 4 is 34.1 Å². The molecule has 0 unspecified atom stereocenters. The zero-order valence-corrected chi connectivity index (χ0v) is 8.77. The van der Waals surface area contributed by atoms with E-state index in [0.29, 0.717) is 0 Å². The van der Waals surface area contributed by atoms with E-state index >= 15 is 0 Å². The van der Waals surface area contributed by atoms with E-state index in [2.05, 4.69) is 4.98 Å². The van der Waals surface area contributed by atoms with Crippen LogP contribution in [-0.4, -0.2) is 4.98 Å². The van der Waals surface area contributed by atoms with Crippen molar-refractivity contribution in [3.63, 3.8) is 0 Å². The predicted octanol–water partition coefficient (Wildman–Crippen LogP) is 3.55. The second-order valence-electron chi connectivity index (χ2n) is 2.89. The molecule has 0 aliphatic carbocycles. The van der Waals surface area contributed by atoms with Crippen molar-refractivity contribution in [2.24, 2.45) is 0 Å². The van der Waals surface area contributed by atoms with Crippen LogP contribution in [0.2, 0.25) is 10.2 Å². The fraction of sp³-hybridized carbons (Fsp3) is 0. The molecule has 1 aromatic carbocycles. The Balaban J connectivity index is 2.93. The molecule has 2 aromatic rings. The maximum Gasteiger partial charge on any atom is 0.135 e. The van der Waals surface area contributed by atoms with Crippen LogP contribution in [0.4, 0.5) is 4.39 Å². The molecule has 0 atom stereocenters. The van der Waals surface area contributed by atoms with Gasteiger partial charge >= 0.3 is 0 Å². The Kier molecular flexibility index (Phi) is 2.47. The monoisotopic (exact) mass is 240 g/mol. The lowest BCUT2D eigenvalue weighted by Gasteiger charge is -2.02. The number of hydrogen-bond donors (Lipinski definition) is 0. The van der Waals surface area contributed by atoms with Crippen molar-refractivity contribution in [3.8, 4) is 6.07 Å². The third kappa shape index (κ3) is 1.74. The van der Waals surface area contributed by atoms with Crippen molar-refractivity contribution in [3.05, 3.63) is 39.8 Å². The normalized spacial score (nSPS) is 10.3. The second-order valence-corrected chi connectivity index (χ2v) is 3.69. The topological polar surface area (TPSA) is 36.7 Å². The number of halogens is 3. The summed E-state index contributed by atoms with van der Waals surface area (Å²) in [5, 5.41) is 9.19. The van der Waals surface area contributed by atoms with Crippen LogP contribution in [0.25, 0.3) is 10.9 Å². The molecule has 2 rings (SSSR count). The van der Waals surface area contributed by atoms with Gasteiger partial charge in [-0.2, -0.15) is 5.26 Å². The lowest BCUT2D eigenvalue weighted by molar-refractivity contribution is 0.639. The van der Waals surface area contributed by atoms with Gasteiger partial charge in [-0.1, -0.05) is 23.2 Å². The Labute approximate surface area is 94.9 Å². The average molecular weight is 241 g/mol. The molecule has 1 heterocycles. The highest BCUT2D eigenvalue weighted by Crippen LogP contribution is 2.28. The number of rotatable bonds is 0. The van der Waals surface area contributed by atoms with Crippen LogP contribution in [0.3, 0.4) is 0 Å². The molecule has 0 aliphatic rings. The molecule has 0 bridgehead atoms. The van der Waals surface area contributed by atoms with Crippen LogP contribution in [-0.2, 0) is 0 Å². The summed E-state index contributed by atoms with van der Waals surface area (Å²) < 4.78 is 13.5. The second kappa shape index (κ2) is 3.65. The minimum Gasteiger partial charge on any atom is -0.236 e. The molecular weight excluding hydrogens is 238 g/mol. The van der Waals surface area contributed by atoms with Crippen LogP contribution in [0.1, 0.15) is 5.56 Å². The number of hydrogen-bond acceptors (Lipinski definition) is 2. The third-order valence-corrected chi connectivity index (χ3v) is 2.40. The van der Waals surface area contributed by atoms with Crippen LogP contribution in [0.15, 0.2) is 18.2 Å². The third-order valence-electron chi connectivity index (χ3n) is 1.91. The van der Waals surface area contributed by atoms with Crippen LogP contribution in [0.5, 0.6) is 0 Å². The summed E-state index contributed by atoms with van der Waals surface area (Å²) in [6, 6.07) is 5.75. The zero-order valence-electron chi connectivity index (χ0n) is 7.26. The molecule has 74 valence electrons. The van der Waals surface area contributed by atoms with E-state index in [0.717, 1.165) is 6.07 Å². The number of pyridine rings is 1. The minimum atomic E-state index is -0.571. The van der Waals surface area contributed by atoms with Gasteiger partial charge in [-0.3, -0.25) is 0 Å². The largest absolute Gasteiger partial charge is 0.236 e. The lowest BCUT2D eigenvalue weighted by Crippen LogP contribution is -1.88. The van der Waals surface area contributed by atoms with Crippen molar-refractivity contribution in [1.29, 1.82) is 5.26 Å². The summed E-state index contributed by atoms with van der Waals surface area (Å²) in [5.41, 5.74) is 0.467. The highest BCUT2D eigenvalue weighted by molar-refractivity contribution is 6.37. The number of benzene rings is 1. The SMILES string of the molecule is N#Cc1cc(F)c2c(Cl)cc(Cl)nc2c1. The quantitative estimate of drug-likeness (QED) is 0.661. The zero-order chi connectivity index (χ0) is 11.0. The Bertz CT molecular complexity index is 590. The molecule has 0 fully saturated rings. The Morgan fingerprint density at radius 2 is 2.00 bits per heavy atom. The fourth-order valence-electron chi connectivity index (χ4n) is 1.31. The highest BCUT2D eigenvalue weighted by Gasteiger charge is 2.09. The van der Waals surface area contributed by atoms with Gasteiger partial charge in [-0.05, 0) is 18.2 Å². The standard InChI is InChI=1S/C10H3Cl2FN2/c11-6-3-9(12)15-8-2-5(4-14)1-7(13)10(6)8/h1-3H. The Morgan fingerprint density at radius 3 is 2.67 bits per heavy atom. The van der Waals surface area contributed by atoms with E-state index in [4.69, 9.17) is 28.5 Å². The molecule has 0 aliphatic heterocycles. The van der Waals surface area contributed by atoms with Crippen LogP contribution >= 0.6 is 23.2 Å². The van der Waals surface area contributed by atoms with Gasteiger partial charge in [0.15, 0.2) is 0 Å². The van der Waals surface area contributed by atoms with Crippen molar-refractivity contribution < 1.29 is 4.39 Å². The minimum absolute atomic E-state index is 0.169. The first-order valence-corrected chi connectivity index (χ1v) is 4.73.